The third-order valence-electron chi connectivity index (χ3n) is 4.80. The Morgan fingerprint density at radius 2 is 1.86 bits per heavy atom. The SMILES string of the molecule is Cc1c(C(=O)CSc2nc3ccccc3c(=O)n2CCCO)sc2ccccc12. The maximum Gasteiger partial charge on any atom is 0.262 e. The average molecular weight is 425 g/mol. The molecule has 0 unspecified atom stereocenters. The predicted molar refractivity (Wildman–Crippen MR) is 119 cm³/mol. The van der Waals surface area contributed by atoms with Crippen LogP contribution in [0, 0.1) is 6.92 Å². The molecule has 7 heteroatoms. The molecule has 0 amide bonds. The first-order chi connectivity index (χ1) is 14.1. The highest BCUT2D eigenvalue weighted by atomic mass is 32.2. The Kier molecular flexibility index (Phi) is 5.80. The summed E-state index contributed by atoms with van der Waals surface area (Å²) in [5, 5.41) is 11.4. The van der Waals surface area contributed by atoms with Gasteiger partial charge in [-0.05, 0) is 42.5 Å². The standard InChI is InChI=1S/C22H20N2O3S2/c1-14-15-7-3-5-10-19(15)29-20(14)18(26)13-28-22-23-17-9-4-2-8-16(17)21(27)24(22)11-6-12-25/h2-5,7-10,25H,6,11-13H2,1H3. The van der Waals surface area contributed by atoms with E-state index < -0.39 is 0 Å². The lowest BCUT2D eigenvalue weighted by Gasteiger charge is -2.12. The number of benzene rings is 2. The first-order valence-electron chi connectivity index (χ1n) is 9.34. The van der Waals surface area contributed by atoms with Crippen molar-refractivity contribution in [2.24, 2.45) is 0 Å². The smallest absolute Gasteiger partial charge is 0.262 e. The normalized spacial score (nSPS) is 11.4. The Labute approximate surface area is 176 Å². The molecular weight excluding hydrogens is 404 g/mol. The van der Waals surface area contributed by atoms with E-state index in [2.05, 4.69) is 4.98 Å². The Morgan fingerprint density at radius 3 is 2.62 bits per heavy atom. The van der Waals surface area contributed by atoms with Crippen LogP contribution in [0.2, 0.25) is 0 Å². The molecule has 148 valence electrons. The molecule has 0 aliphatic carbocycles. The first-order valence-corrected chi connectivity index (χ1v) is 11.1. The molecule has 4 rings (SSSR count). The van der Waals surface area contributed by atoms with Crippen LogP contribution in [0.5, 0.6) is 0 Å². The number of rotatable bonds is 7. The molecule has 2 aromatic carbocycles. The number of Topliss-reactive ketones (excluding diaryl/α,β-unsaturated/α-hetero) is 1. The van der Waals surface area contributed by atoms with E-state index in [4.69, 9.17) is 0 Å². The van der Waals surface area contributed by atoms with Crippen molar-refractivity contribution in [1.29, 1.82) is 0 Å². The Hall–Kier alpha value is -2.48. The van der Waals surface area contributed by atoms with Crippen molar-refractivity contribution < 1.29 is 9.90 Å². The van der Waals surface area contributed by atoms with Crippen LogP contribution >= 0.6 is 23.1 Å². The predicted octanol–water partition coefficient (Wildman–Crippen LogP) is 4.28. The molecule has 0 aliphatic heterocycles. The van der Waals surface area contributed by atoms with E-state index in [1.54, 1.807) is 16.7 Å². The largest absolute Gasteiger partial charge is 0.396 e. The number of hydrogen-bond acceptors (Lipinski definition) is 6. The number of fused-ring (bicyclic) bond motifs is 2. The topological polar surface area (TPSA) is 72.2 Å². The number of aliphatic hydroxyl groups excluding tert-OH is 1. The maximum absolute atomic E-state index is 12.9. The minimum absolute atomic E-state index is 0.0106. The summed E-state index contributed by atoms with van der Waals surface area (Å²) in [4.78, 5) is 31.2. The molecule has 1 N–H and O–H groups in total. The minimum atomic E-state index is -0.142. The Bertz CT molecular complexity index is 1260. The summed E-state index contributed by atoms with van der Waals surface area (Å²) in [6.45, 7) is 2.33. The second kappa shape index (κ2) is 8.49. The fraction of sp³-hybridized carbons (Fsp3) is 0.227. The molecule has 2 aromatic heterocycles. The number of aliphatic hydroxyl groups is 1. The summed E-state index contributed by atoms with van der Waals surface area (Å²) in [5.41, 5.74) is 1.48. The average Bonchev–Trinajstić information content (AvgIpc) is 3.08. The summed E-state index contributed by atoms with van der Waals surface area (Å²) in [6, 6.07) is 15.2. The molecule has 0 spiro atoms. The summed E-state index contributed by atoms with van der Waals surface area (Å²) < 4.78 is 2.66. The number of carbonyl (C=O) groups is 1. The van der Waals surface area contributed by atoms with Gasteiger partial charge in [-0.2, -0.15) is 0 Å². The number of aromatic nitrogens is 2. The van der Waals surface area contributed by atoms with E-state index in [1.807, 2.05) is 43.3 Å². The monoisotopic (exact) mass is 424 g/mol. The van der Waals surface area contributed by atoms with Gasteiger partial charge in [-0.3, -0.25) is 14.2 Å². The van der Waals surface area contributed by atoms with E-state index in [0.29, 0.717) is 29.0 Å². The van der Waals surface area contributed by atoms with Gasteiger partial charge in [0.1, 0.15) is 0 Å². The van der Waals surface area contributed by atoms with Crippen LogP contribution in [-0.2, 0) is 6.54 Å². The maximum atomic E-state index is 12.9. The first kappa shape index (κ1) is 19.8. The van der Waals surface area contributed by atoms with Crippen molar-refractivity contribution in [2.75, 3.05) is 12.4 Å². The third-order valence-corrected chi connectivity index (χ3v) is 7.09. The van der Waals surface area contributed by atoms with Gasteiger partial charge >= 0.3 is 0 Å². The van der Waals surface area contributed by atoms with E-state index in [1.165, 1.54) is 23.1 Å². The number of aryl methyl sites for hydroxylation is 1. The number of para-hydroxylation sites is 1. The van der Waals surface area contributed by atoms with Gasteiger partial charge in [-0.25, -0.2) is 4.98 Å². The van der Waals surface area contributed by atoms with Gasteiger partial charge in [0, 0.05) is 17.9 Å². The van der Waals surface area contributed by atoms with Gasteiger partial charge in [0.25, 0.3) is 5.56 Å². The Morgan fingerprint density at radius 1 is 1.14 bits per heavy atom. The molecular formula is C22H20N2O3S2. The van der Waals surface area contributed by atoms with Gasteiger partial charge in [-0.15, -0.1) is 11.3 Å². The van der Waals surface area contributed by atoms with Crippen molar-refractivity contribution in [3.05, 3.63) is 69.3 Å². The lowest BCUT2D eigenvalue weighted by atomic mass is 10.1. The zero-order chi connectivity index (χ0) is 20.4. The minimum Gasteiger partial charge on any atom is -0.396 e. The second-order valence-corrected chi connectivity index (χ2v) is 8.70. The highest BCUT2D eigenvalue weighted by Gasteiger charge is 2.18. The number of nitrogens with zero attached hydrogens (tertiary/aromatic N) is 2. The lowest BCUT2D eigenvalue weighted by molar-refractivity contribution is 0.102. The van der Waals surface area contributed by atoms with E-state index >= 15 is 0 Å². The number of thiophene rings is 1. The molecule has 0 fully saturated rings. The molecule has 5 nitrogen and oxygen atoms in total. The molecule has 0 bridgehead atoms. The van der Waals surface area contributed by atoms with Gasteiger partial charge < -0.3 is 5.11 Å². The molecule has 0 radical (unpaired) electrons. The van der Waals surface area contributed by atoms with Crippen LogP contribution in [0.25, 0.3) is 21.0 Å². The lowest BCUT2D eigenvalue weighted by Crippen LogP contribution is -2.24. The fourth-order valence-electron chi connectivity index (χ4n) is 3.32. The van der Waals surface area contributed by atoms with Crippen molar-refractivity contribution in [3.63, 3.8) is 0 Å². The zero-order valence-corrected chi connectivity index (χ0v) is 17.6. The Balaban J connectivity index is 1.65. The van der Waals surface area contributed by atoms with Gasteiger partial charge in [0.05, 0.1) is 21.5 Å². The van der Waals surface area contributed by atoms with Crippen molar-refractivity contribution in [3.8, 4) is 0 Å². The second-order valence-electron chi connectivity index (χ2n) is 6.71. The van der Waals surface area contributed by atoms with Crippen molar-refractivity contribution in [2.45, 2.75) is 25.0 Å². The summed E-state index contributed by atoms with van der Waals surface area (Å²) >= 11 is 2.78. The van der Waals surface area contributed by atoms with Crippen LogP contribution in [-0.4, -0.2) is 32.8 Å². The molecule has 0 saturated heterocycles. The van der Waals surface area contributed by atoms with E-state index in [9.17, 15) is 14.7 Å². The zero-order valence-electron chi connectivity index (χ0n) is 15.9. The molecule has 29 heavy (non-hydrogen) atoms. The summed E-state index contributed by atoms with van der Waals surface area (Å²) in [5.74, 6) is 0.238. The van der Waals surface area contributed by atoms with Gasteiger partial charge in [0.2, 0.25) is 0 Å². The summed E-state index contributed by atoms with van der Waals surface area (Å²) in [6.07, 6.45) is 0.455. The third kappa shape index (κ3) is 3.85. The highest BCUT2D eigenvalue weighted by Crippen LogP contribution is 2.32. The van der Waals surface area contributed by atoms with Crippen LogP contribution in [0.4, 0.5) is 0 Å². The quantitative estimate of drug-likeness (QED) is 0.272. The van der Waals surface area contributed by atoms with Crippen LogP contribution in [0.15, 0.2) is 58.5 Å². The van der Waals surface area contributed by atoms with Crippen LogP contribution in [0.3, 0.4) is 0 Å². The molecule has 0 aliphatic rings. The van der Waals surface area contributed by atoms with Crippen LogP contribution < -0.4 is 5.56 Å². The number of carbonyl (C=O) groups excluding carboxylic acids is 1. The molecule has 0 saturated carbocycles. The highest BCUT2D eigenvalue weighted by molar-refractivity contribution is 7.99. The molecule has 0 atom stereocenters. The van der Waals surface area contributed by atoms with Crippen molar-refractivity contribution in [1.82, 2.24) is 9.55 Å². The van der Waals surface area contributed by atoms with Gasteiger partial charge in [0.15, 0.2) is 10.9 Å². The van der Waals surface area contributed by atoms with E-state index in [0.717, 1.165) is 20.5 Å². The van der Waals surface area contributed by atoms with Gasteiger partial charge in [-0.1, -0.05) is 42.1 Å². The number of hydrogen-bond donors (Lipinski definition) is 1. The molecule has 4 aromatic rings. The summed E-state index contributed by atoms with van der Waals surface area (Å²) in [7, 11) is 0. The van der Waals surface area contributed by atoms with E-state index in [-0.39, 0.29) is 23.7 Å². The number of ketones is 1. The molecule has 2 heterocycles. The van der Waals surface area contributed by atoms with Crippen LogP contribution in [0.1, 0.15) is 21.7 Å². The van der Waals surface area contributed by atoms with Crippen molar-refractivity contribution >= 4 is 49.9 Å². The number of thioether (sulfide) groups is 1. The fourth-order valence-corrected chi connectivity index (χ4v) is 5.46.